The third-order valence-corrected chi connectivity index (χ3v) is 4.31. The van der Waals surface area contributed by atoms with Gasteiger partial charge in [-0.25, -0.2) is 8.78 Å². The van der Waals surface area contributed by atoms with Gasteiger partial charge in [-0.3, -0.25) is 14.6 Å². The summed E-state index contributed by atoms with van der Waals surface area (Å²) in [4.78, 5) is 27.7. The lowest BCUT2D eigenvalue weighted by atomic mass is 9.96. The first-order chi connectivity index (χ1) is 14.2. The van der Waals surface area contributed by atoms with Crippen molar-refractivity contribution in [3.63, 3.8) is 0 Å². The second-order valence-electron chi connectivity index (χ2n) is 7.18. The highest BCUT2D eigenvalue weighted by molar-refractivity contribution is 6.13. The highest BCUT2D eigenvalue weighted by Crippen LogP contribution is 2.21. The number of hydrogen-bond acceptors (Lipinski definition) is 5. The Morgan fingerprint density at radius 3 is 1.87 bits per heavy atom. The molecule has 7 heteroatoms. The van der Waals surface area contributed by atoms with E-state index in [1.807, 2.05) is 13.8 Å². The van der Waals surface area contributed by atoms with Gasteiger partial charge in [0.05, 0.1) is 11.8 Å². The number of ether oxygens (including phenoxy) is 2. The first-order valence-electron chi connectivity index (χ1n) is 9.57. The number of aliphatic imine (C=N–C) groups is 1. The van der Waals surface area contributed by atoms with Crippen LogP contribution >= 0.6 is 0 Å². The number of hydrogen-bond donors (Lipinski definition) is 0. The summed E-state index contributed by atoms with van der Waals surface area (Å²) in [6, 6.07) is 11.0. The Hall–Kier alpha value is -3.09. The van der Waals surface area contributed by atoms with Gasteiger partial charge in [0.1, 0.15) is 18.2 Å². The second-order valence-corrected chi connectivity index (χ2v) is 7.18. The van der Waals surface area contributed by atoms with Crippen LogP contribution in [-0.2, 0) is 19.1 Å². The molecule has 0 N–H and O–H groups in total. The predicted molar refractivity (Wildman–Crippen MR) is 109 cm³/mol. The van der Waals surface area contributed by atoms with E-state index in [4.69, 9.17) is 14.5 Å². The van der Waals surface area contributed by atoms with E-state index in [0.717, 1.165) is 0 Å². The van der Waals surface area contributed by atoms with Crippen LogP contribution in [0.1, 0.15) is 38.8 Å². The molecule has 0 aliphatic rings. The van der Waals surface area contributed by atoms with E-state index in [-0.39, 0.29) is 12.5 Å². The summed E-state index contributed by atoms with van der Waals surface area (Å²) in [5.41, 5.74) is 1.23. The van der Waals surface area contributed by atoms with Crippen LogP contribution in [0.4, 0.5) is 8.78 Å². The number of rotatable bonds is 8. The van der Waals surface area contributed by atoms with E-state index in [2.05, 4.69) is 0 Å². The minimum atomic E-state index is -0.858. The van der Waals surface area contributed by atoms with Crippen LogP contribution in [-0.4, -0.2) is 36.4 Å². The summed E-state index contributed by atoms with van der Waals surface area (Å²) in [5, 5.41) is 0. The van der Waals surface area contributed by atoms with Gasteiger partial charge in [-0.05, 0) is 30.2 Å². The van der Waals surface area contributed by atoms with Gasteiger partial charge in [0, 0.05) is 25.0 Å². The number of carbonyl (C=O) groups is 2. The molecule has 160 valence electrons. The molecule has 2 rings (SSSR count). The molecule has 0 bridgehead atoms. The van der Waals surface area contributed by atoms with Gasteiger partial charge >= 0.3 is 11.9 Å². The zero-order valence-corrected chi connectivity index (χ0v) is 17.4. The average molecular weight is 417 g/mol. The lowest BCUT2D eigenvalue weighted by molar-refractivity contribution is -0.158. The zero-order chi connectivity index (χ0) is 22.3. The van der Waals surface area contributed by atoms with Crippen LogP contribution in [0.5, 0.6) is 0 Å². The Balaban J connectivity index is 2.59. The van der Waals surface area contributed by atoms with E-state index < -0.39 is 35.7 Å². The fourth-order valence-electron chi connectivity index (χ4n) is 3.01. The predicted octanol–water partition coefficient (Wildman–Crippen LogP) is 4.32. The van der Waals surface area contributed by atoms with Crippen molar-refractivity contribution in [3.05, 3.63) is 71.3 Å². The van der Waals surface area contributed by atoms with Crippen LogP contribution in [0.15, 0.2) is 53.5 Å². The molecule has 0 spiro atoms. The van der Waals surface area contributed by atoms with Crippen molar-refractivity contribution in [3.8, 4) is 0 Å². The van der Waals surface area contributed by atoms with Crippen LogP contribution in [0.2, 0.25) is 0 Å². The highest BCUT2D eigenvalue weighted by Gasteiger charge is 2.29. The van der Waals surface area contributed by atoms with Crippen molar-refractivity contribution in [2.75, 3.05) is 6.61 Å². The zero-order valence-electron chi connectivity index (χ0n) is 17.4. The molecule has 0 saturated carbocycles. The molecule has 0 fully saturated rings. The summed E-state index contributed by atoms with van der Waals surface area (Å²) < 4.78 is 38.2. The fraction of sp³-hybridized carbons (Fsp3) is 0.348. The van der Waals surface area contributed by atoms with Gasteiger partial charge in [0.25, 0.3) is 0 Å². The molecule has 0 aliphatic carbocycles. The second kappa shape index (κ2) is 10.6. The van der Waals surface area contributed by atoms with Crippen molar-refractivity contribution in [1.82, 2.24) is 0 Å². The van der Waals surface area contributed by atoms with Gasteiger partial charge in [-0.1, -0.05) is 38.1 Å². The molecule has 2 aromatic carbocycles. The first kappa shape index (κ1) is 23.2. The number of esters is 2. The SMILES string of the molecule is CC(=O)OC[C@@H](OC(C)=O)[C@@H](N=C(c1cccc(F)c1)c1cccc(F)c1)C(C)C. The molecular weight excluding hydrogens is 392 g/mol. The lowest BCUT2D eigenvalue weighted by Crippen LogP contribution is -2.38. The Morgan fingerprint density at radius 2 is 1.47 bits per heavy atom. The van der Waals surface area contributed by atoms with Crippen molar-refractivity contribution in [2.24, 2.45) is 10.9 Å². The summed E-state index contributed by atoms with van der Waals surface area (Å²) in [6.07, 6.45) is -0.858. The quantitative estimate of drug-likeness (QED) is 0.474. The fourth-order valence-corrected chi connectivity index (χ4v) is 3.01. The van der Waals surface area contributed by atoms with Gasteiger partial charge in [-0.15, -0.1) is 0 Å². The Labute approximate surface area is 174 Å². The smallest absolute Gasteiger partial charge is 0.303 e. The van der Waals surface area contributed by atoms with Gasteiger partial charge in [0.15, 0.2) is 6.10 Å². The third-order valence-electron chi connectivity index (χ3n) is 4.31. The summed E-state index contributed by atoms with van der Waals surface area (Å²) in [5.74, 6) is -2.13. The largest absolute Gasteiger partial charge is 0.462 e. The van der Waals surface area contributed by atoms with Crippen LogP contribution in [0.3, 0.4) is 0 Å². The maximum atomic E-state index is 13.9. The monoisotopic (exact) mass is 417 g/mol. The molecule has 0 aromatic heterocycles. The highest BCUT2D eigenvalue weighted by atomic mass is 19.1. The van der Waals surface area contributed by atoms with E-state index in [1.165, 1.54) is 50.2 Å². The summed E-state index contributed by atoms with van der Waals surface area (Å²) >= 11 is 0. The van der Waals surface area contributed by atoms with Crippen molar-refractivity contribution in [1.29, 1.82) is 0 Å². The maximum Gasteiger partial charge on any atom is 0.303 e. The number of benzene rings is 2. The van der Waals surface area contributed by atoms with E-state index in [0.29, 0.717) is 16.8 Å². The van der Waals surface area contributed by atoms with Gasteiger partial charge in [0.2, 0.25) is 0 Å². The maximum absolute atomic E-state index is 13.9. The Morgan fingerprint density at radius 1 is 0.933 bits per heavy atom. The molecule has 0 radical (unpaired) electrons. The molecule has 0 heterocycles. The van der Waals surface area contributed by atoms with Crippen LogP contribution < -0.4 is 0 Å². The number of nitrogens with zero attached hydrogens (tertiary/aromatic N) is 1. The van der Waals surface area contributed by atoms with Crippen LogP contribution in [0, 0.1) is 17.6 Å². The van der Waals surface area contributed by atoms with E-state index in [1.54, 1.807) is 12.1 Å². The third kappa shape index (κ3) is 6.76. The molecule has 0 unspecified atom stereocenters. The molecule has 0 aliphatic heterocycles. The van der Waals surface area contributed by atoms with Gasteiger partial charge in [-0.2, -0.15) is 0 Å². The van der Waals surface area contributed by atoms with E-state index in [9.17, 15) is 18.4 Å². The van der Waals surface area contributed by atoms with Crippen molar-refractivity contribution < 1.29 is 27.8 Å². The minimum Gasteiger partial charge on any atom is -0.462 e. The molecule has 5 nitrogen and oxygen atoms in total. The summed E-state index contributed by atoms with van der Waals surface area (Å²) in [7, 11) is 0. The normalized spacial score (nSPS) is 12.8. The van der Waals surface area contributed by atoms with Crippen molar-refractivity contribution in [2.45, 2.75) is 39.8 Å². The number of carbonyl (C=O) groups excluding carboxylic acids is 2. The van der Waals surface area contributed by atoms with Crippen LogP contribution in [0.25, 0.3) is 0 Å². The molecule has 0 saturated heterocycles. The molecular formula is C23H25F2NO4. The Kier molecular flexibility index (Phi) is 8.21. The minimum absolute atomic E-state index is 0.137. The first-order valence-corrected chi connectivity index (χ1v) is 9.57. The standard InChI is InChI=1S/C23H25F2NO4/c1-14(2)22(21(30-16(4)28)13-29-15(3)27)26-23(17-7-5-9-19(24)11-17)18-8-6-10-20(25)12-18/h5-12,14,21-22H,13H2,1-4H3/t21-,22+/m1/s1. The average Bonchev–Trinajstić information content (AvgIpc) is 2.65. The lowest BCUT2D eigenvalue weighted by Gasteiger charge is -2.27. The van der Waals surface area contributed by atoms with Crippen molar-refractivity contribution >= 4 is 17.7 Å². The molecule has 0 amide bonds. The molecule has 30 heavy (non-hydrogen) atoms. The Bertz CT molecular complexity index is 879. The van der Waals surface area contributed by atoms with E-state index >= 15 is 0 Å². The molecule has 2 aromatic rings. The van der Waals surface area contributed by atoms with Gasteiger partial charge < -0.3 is 9.47 Å². The topological polar surface area (TPSA) is 65.0 Å². The molecule has 2 atom stereocenters. The number of halogens is 2. The summed E-state index contributed by atoms with van der Waals surface area (Å²) in [6.45, 7) is 6.06.